The van der Waals surface area contributed by atoms with Crippen LogP contribution in [-0.4, -0.2) is 19.6 Å². The summed E-state index contributed by atoms with van der Waals surface area (Å²) in [6.07, 6.45) is 14.1. The van der Waals surface area contributed by atoms with E-state index in [1.54, 1.807) is 38.5 Å². The fourth-order valence-corrected chi connectivity index (χ4v) is 53.9. The van der Waals surface area contributed by atoms with Gasteiger partial charge in [-0.2, -0.15) is 0 Å². The van der Waals surface area contributed by atoms with Crippen LogP contribution in [-0.2, 0) is 0 Å². The highest BCUT2D eigenvalue weighted by Gasteiger charge is 2.90. The molecule has 0 bridgehead atoms. The lowest BCUT2D eigenvalue weighted by atomic mass is 9.15. The van der Waals surface area contributed by atoms with Gasteiger partial charge in [0.2, 0.25) is 0 Å². The van der Waals surface area contributed by atoms with Gasteiger partial charge in [-0.05, 0) is 417 Å². The summed E-state index contributed by atoms with van der Waals surface area (Å²) in [4.78, 5) is 0. The molecule has 0 saturated heterocycles. The first-order valence-corrected chi connectivity index (χ1v) is 54.5. The average molecular weight is 1990 g/mol. The molecule has 0 nitrogen and oxygen atoms in total. The zero-order chi connectivity index (χ0) is 73.2. The van der Waals surface area contributed by atoms with Gasteiger partial charge >= 0.3 is 0 Å². The third kappa shape index (κ3) is 8.79. The van der Waals surface area contributed by atoms with Crippen LogP contribution in [0.15, 0.2) is 0 Å². The molecular formula is C100H153I5. The van der Waals surface area contributed by atoms with Crippen LogP contribution >= 0.6 is 113 Å². The smallest absolute Gasteiger partial charge is 0.0146 e. The molecule has 0 spiro atoms. The molecule has 65 atom stereocenters. The van der Waals surface area contributed by atoms with E-state index in [0.29, 0.717) is 0 Å². The topological polar surface area (TPSA) is 0 Å². The van der Waals surface area contributed by atoms with Crippen LogP contribution in [0.25, 0.3) is 0 Å². The van der Waals surface area contributed by atoms with E-state index in [-0.39, 0.29) is 0 Å². The number of hydrogen-bond acceptors (Lipinski definition) is 0. The second-order valence-electron chi connectivity index (χ2n) is 48.9. The molecule has 22 saturated carbocycles. The molecule has 22 fully saturated rings. The van der Waals surface area contributed by atoms with Crippen molar-refractivity contribution < 1.29 is 0 Å². The van der Waals surface area contributed by atoms with Crippen LogP contribution in [0.4, 0.5) is 0 Å². The third-order valence-electron chi connectivity index (χ3n) is 47.8. The van der Waals surface area contributed by atoms with Gasteiger partial charge in [0.1, 0.15) is 0 Å². The minimum atomic E-state index is 0.757. The predicted octanol–water partition coefficient (Wildman–Crippen LogP) is 26.7. The van der Waals surface area contributed by atoms with Gasteiger partial charge in [-0.3, -0.25) is 0 Å². The standard InChI is InChI=1S/C100H153I5/c1-23-48-41(16)60(38(13)33(5)6)77-68-45(20)62(40(15)35(9)10)79-69-46(21)61(39(14)34(7)8)78-67-43(18)59(37(12)32(3)4)49(24-2)65-44(19)63-42(17)51(28-36(11)101)71-56(103)30-53-73-58(105)31-54-72-57(104)29-52-70-50(26-25-27-55(70)102)66-47(22)64(48)83(77)94-82(66)74(52)87(72)97-90-76(54)88(73)98-89-75(53)86(71)80(63)93(81(65)67)99(89)91(78)85(69)96(98)100(90)92(79)84(68)95(94)97/h32-100H,23-31H2,1-22H3/t36?,37?,38?,39?,40?,41?,42?,43?,44?,45?,46?,47-,48?,49?,50?,51?,52?,53?,54?,55?,56?,57?,58?,59?,60?,61?,62?,63?,64?,65?,66?,67?,68?,69?,70?,71?,72?,73?,74?,75?,76?,77?,78?,79?,80?,81?,82?,83?,84?,85?,86?,87?,88?,89?,90?,91?,92?,93?,94?,95?,96?,97?,98?,99?,100?/m0/s1. The summed E-state index contributed by atoms with van der Waals surface area (Å²) >= 11 is 16.5. The van der Waals surface area contributed by atoms with Crippen LogP contribution < -0.4 is 0 Å². The van der Waals surface area contributed by atoms with Crippen molar-refractivity contribution in [2.24, 2.45) is 379 Å². The van der Waals surface area contributed by atoms with Crippen molar-refractivity contribution in [3.05, 3.63) is 0 Å². The molecule has 64 unspecified atom stereocenters. The highest BCUT2D eigenvalue weighted by Crippen LogP contribution is 2.93. The molecule has 0 aromatic carbocycles. The van der Waals surface area contributed by atoms with E-state index in [4.69, 9.17) is 0 Å². The SMILES string of the molecule is CCC1C(C(C)C(C)C)C(C)C2C3C(C(C)C(C)C)C(C)C4C5C(C(C)C(C)C)C(C)C6C7C5C5C8C9C(CC(I)C%10C%11CC(I)C%12C(CC(C)I)C(C)C%13C(C)C1C2C1C%13C%12C%11C2C(C%109)C5C4C3C21)C1C(I)CC2C3C(I)CCCC3C3C4C2C1C8C7C4C1C6C(C(C)C(C)C)C(C)C(CC)C1[C@@H]3C. The van der Waals surface area contributed by atoms with Crippen molar-refractivity contribution in [1.82, 2.24) is 0 Å². The minimum Gasteiger partial charge on any atom is -0.0829 e. The summed E-state index contributed by atoms with van der Waals surface area (Å²) in [7, 11) is 0. The maximum Gasteiger partial charge on any atom is 0.0146 e. The van der Waals surface area contributed by atoms with E-state index in [2.05, 4.69) is 265 Å². The van der Waals surface area contributed by atoms with Gasteiger partial charge in [0, 0.05) is 19.6 Å². The highest BCUT2D eigenvalue weighted by molar-refractivity contribution is 14.1. The van der Waals surface area contributed by atoms with Crippen molar-refractivity contribution in [1.29, 1.82) is 0 Å². The zero-order valence-corrected chi connectivity index (χ0v) is 80.9. The van der Waals surface area contributed by atoms with E-state index in [9.17, 15) is 0 Å². The largest absolute Gasteiger partial charge is 0.0829 e. The summed E-state index contributed by atoms with van der Waals surface area (Å²) in [5.74, 6) is 60.8. The first-order chi connectivity index (χ1) is 50.1. The molecule has 0 radical (unpaired) electrons. The van der Waals surface area contributed by atoms with Crippen LogP contribution in [0.2, 0.25) is 0 Å². The Hall–Kier alpha value is 3.65. The number of rotatable bonds is 12. The van der Waals surface area contributed by atoms with Gasteiger partial charge in [0.05, 0.1) is 0 Å². The molecule has 0 N–H and O–H groups in total. The first-order valence-electron chi connectivity index (χ1n) is 48.3. The second kappa shape index (κ2) is 25.4. The Balaban J connectivity index is 0.855. The average Bonchev–Trinajstić information content (AvgIpc) is 0.619. The maximum absolute atomic E-state index is 3.48. The number of alkyl halides is 5. The molecular weight excluding hydrogens is 1840 g/mol. The molecule has 22 aliphatic carbocycles. The van der Waals surface area contributed by atoms with Crippen molar-refractivity contribution >= 4 is 113 Å². The highest BCUT2D eigenvalue weighted by atomic mass is 127. The molecule has 0 aromatic heterocycles. The number of hydrogen-bond donors (Lipinski definition) is 0. The van der Waals surface area contributed by atoms with Crippen LogP contribution in [0.5, 0.6) is 0 Å². The third-order valence-corrected chi connectivity index (χ3v) is 53.8. The summed E-state index contributed by atoms with van der Waals surface area (Å²) in [6.45, 7) is 64.4. The van der Waals surface area contributed by atoms with Crippen LogP contribution in [0.1, 0.15) is 210 Å². The quantitative estimate of drug-likeness (QED) is 0.135. The van der Waals surface area contributed by atoms with Crippen molar-refractivity contribution in [2.45, 2.75) is 230 Å². The lowest BCUT2D eigenvalue weighted by Gasteiger charge is -2.89. The Labute approximate surface area is 713 Å². The monoisotopic (exact) mass is 1990 g/mol. The lowest BCUT2D eigenvalue weighted by Crippen LogP contribution is -2.86. The van der Waals surface area contributed by atoms with E-state index in [1.165, 1.54) is 19.3 Å². The van der Waals surface area contributed by atoms with Gasteiger partial charge < -0.3 is 0 Å². The summed E-state index contributed by atoms with van der Waals surface area (Å²) in [6, 6.07) is 0. The van der Waals surface area contributed by atoms with Crippen LogP contribution in [0, 0.1) is 379 Å². The molecule has 0 aliphatic heterocycles. The Bertz CT molecular complexity index is 3370. The molecule has 5 heteroatoms. The zero-order valence-electron chi connectivity index (χ0n) is 70.1. The van der Waals surface area contributed by atoms with E-state index in [0.717, 1.165) is 398 Å². The molecule has 105 heavy (non-hydrogen) atoms. The van der Waals surface area contributed by atoms with Gasteiger partial charge in [-0.15, -0.1) is 0 Å². The summed E-state index contributed by atoms with van der Waals surface area (Å²) in [5, 5.41) is 0. The van der Waals surface area contributed by atoms with Gasteiger partial charge in [0.15, 0.2) is 0 Å². The Morgan fingerprint density at radius 3 is 0.971 bits per heavy atom. The number of fused-ring (bicyclic) bond motifs is 8. The molecule has 22 aliphatic rings. The van der Waals surface area contributed by atoms with E-state index < -0.39 is 0 Å². The van der Waals surface area contributed by atoms with Crippen molar-refractivity contribution in [3.63, 3.8) is 0 Å². The number of halogens is 5. The van der Waals surface area contributed by atoms with E-state index in [1.807, 2.05) is 0 Å². The van der Waals surface area contributed by atoms with Crippen LogP contribution in [0.3, 0.4) is 0 Å². The van der Waals surface area contributed by atoms with Crippen molar-refractivity contribution in [3.8, 4) is 0 Å². The molecule has 588 valence electrons. The minimum absolute atomic E-state index is 0.757. The second-order valence-corrected chi connectivity index (χ2v) is 57.4. The Morgan fingerprint density at radius 2 is 0.543 bits per heavy atom. The Morgan fingerprint density at radius 1 is 0.238 bits per heavy atom. The maximum atomic E-state index is 3.48. The molecule has 0 aromatic rings. The van der Waals surface area contributed by atoms with Crippen molar-refractivity contribution in [2.75, 3.05) is 0 Å². The summed E-state index contributed by atoms with van der Waals surface area (Å²) in [5.41, 5.74) is 0. The first kappa shape index (κ1) is 74.9. The van der Waals surface area contributed by atoms with Gasteiger partial charge in [-0.1, -0.05) is 285 Å². The van der Waals surface area contributed by atoms with E-state index >= 15 is 0 Å². The fraction of sp³-hybridized carbons (Fsp3) is 1.00. The molecule has 22 rings (SSSR count). The fourth-order valence-electron chi connectivity index (χ4n) is 47.0. The van der Waals surface area contributed by atoms with Gasteiger partial charge in [-0.25, -0.2) is 0 Å². The van der Waals surface area contributed by atoms with Gasteiger partial charge in [0.25, 0.3) is 0 Å². The molecule has 0 amide bonds. The normalized spacial score (nSPS) is 67.8. The predicted molar refractivity (Wildman–Crippen MR) is 479 cm³/mol. The summed E-state index contributed by atoms with van der Waals surface area (Å²) < 4.78 is 4.37. The molecule has 0 heterocycles. The lowest BCUT2D eigenvalue weighted by molar-refractivity contribution is -0.421. The Kier molecular flexibility index (Phi) is 18.1.